The fraction of sp³-hybridized carbons (Fsp3) is 0.423. The standard InChI is InChI=1S/C26H27N7OS/c1-32-10-8-16(9-11-32)17-6-7-22-21(13-17)29-26(35-22)31-25-28-15-19-12-18(14-27)24(34)33(23(19)30-25)20-4-2-3-5-20/h6-7,12-13,15-16,20H,2-5,8-11H2,1H3,(H,28,29,30,31). The van der Waals surface area contributed by atoms with Crippen molar-refractivity contribution in [1.82, 2.24) is 24.4 Å². The number of thiazole rings is 1. The highest BCUT2D eigenvalue weighted by Crippen LogP contribution is 2.34. The summed E-state index contributed by atoms with van der Waals surface area (Å²) < 4.78 is 2.83. The van der Waals surface area contributed by atoms with E-state index in [0.29, 0.717) is 22.9 Å². The summed E-state index contributed by atoms with van der Waals surface area (Å²) in [5.74, 6) is 0.992. The van der Waals surface area contributed by atoms with Crippen LogP contribution in [0.15, 0.2) is 35.3 Å². The van der Waals surface area contributed by atoms with E-state index in [-0.39, 0.29) is 17.2 Å². The van der Waals surface area contributed by atoms with Crippen molar-refractivity contribution >= 4 is 43.7 Å². The maximum absolute atomic E-state index is 13.0. The van der Waals surface area contributed by atoms with Crippen LogP contribution < -0.4 is 10.9 Å². The van der Waals surface area contributed by atoms with Gasteiger partial charge in [0.25, 0.3) is 5.56 Å². The predicted molar refractivity (Wildman–Crippen MR) is 138 cm³/mol. The number of nitriles is 1. The zero-order valence-corrected chi connectivity index (χ0v) is 20.5. The van der Waals surface area contributed by atoms with E-state index in [1.165, 1.54) is 18.4 Å². The second-order valence-electron chi connectivity index (χ2n) is 9.70. The van der Waals surface area contributed by atoms with Crippen LogP contribution in [0, 0.1) is 11.3 Å². The van der Waals surface area contributed by atoms with E-state index in [2.05, 4.69) is 40.4 Å². The van der Waals surface area contributed by atoms with Gasteiger partial charge in [0.1, 0.15) is 17.3 Å². The van der Waals surface area contributed by atoms with Crippen LogP contribution >= 0.6 is 11.3 Å². The normalized spacial score (nSPS) is 17.8. The predicted octanol–water partition coefficient (Wildman–Crippen LogP) is 4.94. The molecular formula is C26H27N7OS. The smallest absolute Gasteiger partial charge is 0.270 e. The molecule has 2 aliphatic rings. The van der Waals surface area contributed by atoms with E-state index in [1.54, 1.807) is 28.2 Å². The summed E-state index contributed by atoms with van der Waals surface area (Å²) in [4.78, 5) is 29.4. The van der Waals surface area contributed by atoms with Gasteiger partial charge in [-0.25, -0.2) is 9.97 Å². The molecule has 0 bridgehead atoms. The van der Waals surface area contributed by atoms with Gasteiger partial charge in [0.15, 0.2) is 5.13 Å². The van der Waals surface area contributed by atoms with Gasteiger partial charge >= 0.3 is 0 Å². The highest BCUT2D eigenvalue weighted by atomic mass is 32.1. The van der Waals surface area contributed by atoms with Gasteiger partial charge in [0.05, 0.1) is 10.2 Å². The average Bonchev–Trinajstić information content (AvgIpc) is 3.53. The Bertz CT molecular complexity index is 1500. The largest absolute Gasteiger partial charge is 0.306 e. The lowest BCUT2D eigenvalue weighted by molar-refractivity contribution is 0.255. The molecule has 2 fully saturated rings. The van der Waals surface area contributed by atoms with Crippen molar-refractivity contribution in [3.8, 4) is 6.07 Å². The first kappa shape index (κ1) is 22.1. The second-order valence-corrected chi connectivity index (χ2v) is 10.7. The van der Waals surface area contributed by atoms with Crippen LogP contribution in [0.5, 0.6) is 0 Å². The molecule has 1 aliphatic carbocycles. The van der Waals surface area contributed by atoms with Crippen LogP contribution in [-0.2, 0) is 0 Å². The zero-order valence-electron chi connectivity index (χ0n) is 19.7. The maximum atomic E-state index is 13.0. The van der Waals surface area contributed by atoms with Crippen molar-refractivity contribution in [1.29, 1.82) is 5.26 Å². The van der Waals surface area contributed by atoms with E-state index >= 15 is 0 Å². The minimum atomic E-state index is -0.266. The molecule has 1 N–H and O–H groups in total. The Kier molecular flexibility index (Phi) is 5.71. The van der Waals surface area contributed by atoms with Gasteiger partial charge in [-0.05, 0) is 75.5 Å². The Balaban J connectivity index is 1.32. The van der Waals surface area contributed by atoms with Crippen LogP contribution in [-0.4, -0.2) is 44.6 Å². The summed E-state index contributed by atoms with van der Waals surface area (Å²) in [5, 5.41) is 14.1. The third-order valence-corrected chi connectivity index (χ3v) is 8.36. The molecule has 4 heterocycles. The highest BCUT2D eigenvalue weighted by Gasteiger charge is 2.23. The number of hydrogen-bond donors (Lipinski definition) is 1. The molecule has 3 aromatic heterocycles. The monoisotopic (exact) mass is 485 g/mol. The van der Waals surface area contributed by atoms with Crippen molar-refractivity contribution in [2.24, 2.45) is 0 Å². The van der Waals surface area contributed by atoms with Crippen LogP contribution in [0.1, 0.15) is 61.6 Å². The zero-order chi connectivity index (χ0) is 23.9. The number of piperidine rings is 1. The fourth-order valence-corrected chi connectivity index (χ4v) is 6.29. The molecule has 0 amide bonds. The van der Waals surface area contributed by atoms with E-state index < -0.39 is 0 Å². The minimum Gasteiger partial charge on any atom is -0.306 e. The molecule has 1 aliphatic heterocycles. The molecule has 0 atom stereocenters. The number of anilines is 2. The van der Waals surface area contributed by atoms with Crippen molar-refractivity contribution < 1.29 is 0 Å². The summed E-state index contributed by atoms with van der Waals surface area (Å²) in [6.45, 7) is 2.27. The summed E-state index contributed by atoms with van der Waals surface area (Å²) in [5.41, 5.74) is 2.79. The van der Waals surface area contributed by atoms with Gasteiger partial charge < -0.3 is 4.90 Å². The molecule has 4 aromatic rings. The Labute approximate surface area is 207 Å². The molecule has 6 rings (SSSR count). The molecule has 1 aromatic carbocycles. The summed E-state index contributed by atoms with van der Waals surface area (Å²) >= 11 is 1.57. The van der Waals surface area contributed by atoms with E-state index in [1.807, 2.05) is 6.07 Å². The topological polar surface area (TPSA) is 99.7 Å². The number of nitrogens with zero attached hydrogens (tertiary/aromatic N) is 6. The van der Waals surface area contributed by atoms with E-state index in [0.717, 1.165) is 54.1 Å². The number of benzene rings is 1. The molecule has 178 valence electrons. The van der Waals surface area contributed by atoms with Crippen LogP contribution in [0.3, 0.4) is 0 Å². The number of aromatic nitrogens is 4. The number of likely N-dealkylation sites (tertiary alicyclic amines) is 1. The number of nitrogens with one attached hydrogen (secondary N) is 1. The molecule has 9 heteroatoms. The molecule has 0 radical (unpaired) electrons. The molecule has 8 nitrogen and oxygen atoms in total. The SMILES string of the molecule is CN1CCC(c2ccc3sc(Nc4ncc5cc(C#N)c(=O)n(C6CCCC6)c5n4)nc3c2)CC1. The van der Waals surface area contributed by atoms with Crippen molar-refractivity contribution in [3.05, 3.63) is 51.9 Å². The van der Waals surface area contributed by atoms with Crippen molar-refractivity contribution in [2.75, 3.05) is 25.5 Å². The lowest BCUT2D eigenvalue weighted by Gasteiger charge is -2.29. The molecule has 0 unspecified atom stereocenters. The molecule has 1 saturated carbocycles. The second kappa shape index (κ2) is 9.02. The number of hydrogen-bond acceptors (Lipinski definition) is 8. The van der Waals surface area contributed by atoms with Gasteiger partial charge in [-0.1, -0.05) is 30.2 Å². The Morgan fingerprint density at radius 3 is 2.69 bits per heavy atom. The lowest BCUT2D eigenvalue weighted by atomic mass is 9.89. The first-order chi connectivity index (χ1) is 17.1. The van der Waals surface area contributed by atoms with Gasteiger partial charge in [-0.2, -0.15) is 10.2 Å². The first-order valence-corrected chi connectivity index (χ1v) is 13.1. The van der Waals surface area contributed by atoms with Gasteiger partial charge in [0.2, 0.25) is 5.95 Å². The molecule has 0 spiro atoms. The fourth-order valence-electron chi connectivity index (χ4n) is 5.45. The van der Waals surface area contributed by atoms with Gasteiger partial charge in [-0.3, -0.25) is 14.7 Å². The minimum absolute atomic E-state index is 0.0708. The molecule has 1 saturated heterocycles. The third kappa shape index (κ3) is 4.17. The number of pyridine rings is 1. The quantitative estimate of drug-likeness (QED) is 0.437. The Hall–Kier alpha value is -3.35. The lowest BCUT2D eigenvalue weighted by Crippen LogP contribution is -2.29. The van der Waals surface area contributed by atoms with Crippen LogP contribution in [0.4, 0.5) is 11.1 Å². The van der Waals surface area contributed by atoms with E-state index in [9.17, 15) is 10.1 Å². The molecular weight excluding hydrogens is 458 g/mol. The first-order valence-electron chi connectivity index (χ1n) is 12.3. The number of rotatable bonds is 4. The third-order valence-electron chi connectivity index (χ3n) is 7.40. The van der Waals surface area contributed by atoms with E-state index in [4.69, 9.17) is 9.97 Å². The summed E-state index contributed by atoms with van der Waals surface area (Å²) in [6.07, 6.45) is 8.05. The average molecular weight is 486 g/mol. The molecule has 35 heavy (non-hydrogen) atoms. The van der Waals surface area contributed by atoms with Crippen molar-refractivity contribution in [3.63, 3.8) is 0 Å². The van der Waals surface area contributed by atoms with Crippen LogP contribution in [0.2, 0.25) is 0 Å². The Morgan fingerprint density at radius 1 is 1.11 bits per heavy atom. The summed E-state index contributed by atoms with van der Waals surface area (Å²) in [6, 6.07) is 10.3. The highest BCUT2D eigenvalue weighted by molar-refractivity contribution is 7.22. The number of fused-ring (bicyclic) bond motifs is 2. The van der Waals surface area contributed by atoms with Gasteiger partial charge in [0, 0.05) is 17.6 Å². The summed E-state index contributed by atoms with van der Waals surface area (Å²) in [7, 11) is 2.18. The van der Waals surface area contributed by atoms with Crippen molar-refractivity contribution in [2.45, 2.75) is 50.5 Å². The van der Waals surface area contributed by atoms with Gasteiger partial charge in [-0.15, -0.1) is 0 Å². The van der Waals surface area contributed by atoms with Crippen LogP contribution in [0.25, 0.3) is 21.3 Å². The Morgan fingerprint density at radius 2 is 1.91 bits per heavy atom. The maximum Gasteiger partial charge on any atom is 0.270 e.